The number of nitrogens with zero attached hydrogens (tertiary/aromatic N) is 1. The van der Waals surface area contributed by atoms with Crippen molar-refractivity contribution in [3.8, 4) is 17.2 Å². The molecular weight excluding hydrogens is 420 g/mol. The van der Waals surface area contributed by atoms with Crippen LogP contribution in [0.1, 0.15) is 12.5 Å². The second-order valence-corrected chi connectivity index (χ2v) is 7.19. The third-order valence-corrected chi connectivity index (χ3v) is 5.17. The van der Waals surface area contributed by atoms with E-state index < -0.39 is 11.8 Å². The molecule has 7 heteroatoms. The lowest BCUT2D eigenvalue weighted by molar-refractivity contribution is -0.120. The van der Waals surface area contributed by atoms with Crippen molar-refractivity contribution in [2.24, 2.45) is 0 Å². The van der Waals surface area contributed by atoms with Gasteiger partial charge in [0.1, 0.15) is 22.9 Å². The highest BCUT2D eigenvalue weighted by molar-refractivity contribution is 6.46. The summed E-state index contributed by atoms with van der Waals surface area (Å²) in [6, 6.07) is 21.3. The smallest absolute Gasteiger partial charge is 0.282 e. The fourth-order valence-corrected chi connectivity index (χ4v) is 3.68. The highest BCUT2D eigenvalue weighted by atomic mass is 16.5. The minimum Gasteiger partial charge on any atom is -0.497 e. The van der Waals surface area contributed by atoms with Crippen molar-refractivity contribution < 1.29 is 23.8 Å². The van der Waals surface area contributed by atoms with E-state index in [9.17, 15) is 9.59 Å². The highest BCUT2D eigenvalue weighted by Gasteiger charge is 2.41. The van der Waals surface area contributed by atoms with E-state index in [0.717, 1.165) is 4.90 Å². The Morgan fingerprint density at radius 1 is 0.818 bits per heavy atom. The van der Waals surface area contributed by atoms with Crippen molar-refractivity contribution in [1.29, 1.82) is 0 Å². The highest BCUT2D eigenvalue weighted by Crippen LogP contribution is 2.38. The molecule has 1 heterocycles. The van der Waals surface area contributed by atoms with Crippen LogP contribution in [0.2, 0.25) is 0 Å². The van der Waals surface area contributed by atoms with Gasteiger partial charge in [-0.3, -0.25) is 9.59 Å². The molecule has 0 bridgehead atoms. The molecule has 0 saturated carbocycles. The second-order valence-electron chi connectivity index (χ2n) is 7.19. The largest absolute Gasteiger partial charge is 0.497 e. The first-order valence-electron chi connectivity index (χ1n) is 10.5. The Hall–Kier alpha value is -4.26. The third-order valence-electron chi connectivity index (χ3n) is 5.17. The van der Waals surface area contributed by atoms with E-state index in [1.54, 1.807) is 68.8 Å². The first-order valence-corrected chi connectivity index (χ1v) is 10.5. The maximum atomic E-state index is 13.6. The molecule has 0 aliphatic carbocycles. The molecule has 0 spiro atoms. The van der Waals surface area contributed by atoms with Gasteiger partial charge in [0, 0.05) is 23.9 Å². The predicted molar refractivity (Wildman–Crippen MR) is 127 cm³/mol. The van der Waals surface area contributed by atoms with Gasteiger partial charge in [0.15, 0.2) is 0 Å². The van der Waals surface area contributed by atoms with Crippen LogP contribution in [0.3, 0.4) is 0 Å². The van der Waals surface area contributed by atoms with E-state index in [2.05, 4.69) is 5.32 Å². The van der Waals surface area contributed by atoms with Gasteiger partial charge in [-0.05, 0) is 24.6 Å². The topological polar surface area (TPSA) is 77.1 Å². The normalized spacial score (nSPS) is 13.4. The Morgan fingerprint density at radius 3 is 2.09 bits per heavy atom. The van der Waals surface area contributed by atoms with Crippen LogP contribution in [0.15, 0.2) is 78.5 Å². The molecule has 33 heavy (non-hydrogen) atoms. The molecule has 2 amide bonds. The summed E-state index contributed by atoms with van der Waals surface area (Å²) in [5.74, 6) is 0.644. The number of carbonyl (C=O) groups excluding carboxylic acids is 2. The van der Waals surface area contributed by atoms with E-state index in [1.807, 2.05) is 25.1 Å². The van der Waals surface area contributed by atoms with Gasteiger partial charge in [-0.2, -0.15) is 0 Å². The Labute approximate surface area is 192 Å². The Kier molecular flexibility index (Phi) is 6.31. The van der Waals surface area contributed by atoms with Crippen molar-refractivity contribution in [2.75, 3.05) is 31.0 Å². The number of carbonyl (C=O) groups is 2. The maximum Gasteiger partial charge on any atom is 0.282 e. The fraction of sp³-hybridized carbons (Fsp3) is 0.154. The minimum absolute atomic E-state index is 0.160. The number of para-hydroxylation sites is 2. The Morgan fingerprint density at radius 2 is 1.45 bits per heavy atom. The second kappa shape index (κ2) is 9.48. The quantitative estimate of drug-likeness (QED) is 0.516. The van der Waals surface area contributed by atoms with E-state index in [4.69, 9.17) is 14.2 Å². The molecule has 7 nitrogen and oxygen atoms in total. The first kappa shape index (κ1) is 22.0. The summed E-state index contributed by atoms with van der Waals surface area (Å²) in [4.78, 5) is 28.4. The SMILES string of the molecule is CCOc1ccccc1N1C(=O)C(Nc2cc(OC)cc(OC)c2)=C(c2ccccc2)C1=O. The van der Waals surface area contributed by atoms with Crippen LogP contribution in [-0.2, 0) is 9.59 Å². The number of benzene rings is 3. The van der Waals surface area contributed by atoms with Crippen LogP contribution < -0.4 is 24.4 Å². The molecular formula is C26H24N2O5. The Balaban J connectivity index is 1.83. The van der Waals surface area contributed by atoms with Crippen LogP contribution in [0.25, 0.3) is 5.57 Å². The molecule has 0 saturated heterocycles. The number of anilines is 2. The van der Waals surface area contributed by atoms with Crippen molar-refractivity contribution in [2.45, 2.75) is 6.92 Å². The van der Waals surface area contributed by atoms with Crippen molar-refractivity contribution in [1.82, 2.24) is 0 Å². The van der Waals surface area contributed by atoms with E-state index in [1.165, 1.54) is 0 Å². The van der Waals surface area contributed by atoms with E-state index in [0.29, 0.717) is 40.8 Å². The minimum atomic E-state index is -0.479. The van der Waals surface area contributed by atoms with Gasteiger partial charge >= 0.3 is 0 Å². The summed E-state index contributed by atoms with van der Waals surface area (Å²) >= 11 is 0. The van der Waals surface area contributed by atoms with E-state index in [-0.39, 0.29) is 11.3 Å². The molecule has 4 rings (SSSR count). The molecule has 1 aliphatic rings. The summed E-state index contributed by atoms with van der Waals surface area (Å²) in [6.45, 7) is 2.25. The molecule has 0 radical (unpaired) electrons. The van der Waals surface area contributed by atoms with Gasteiger partial charge < -0.3 is 19.5 Å². The number of nitrogens with one attached hydrogen (secondary N) is 1. The zero-order valence-electron chi connectivity index (χ0n) is 18.6. The molecule has 1 aliphatic heterocycles. The molecule has 0 atom stereocenters. The number of amides is 2. The van der Waals surface area contributed by atoms with Gasteiger partial charge in [0.05, 0.1) is 32.1 Å². The standard InChI is InChI=1S/C26H24N2O5/c1-4-33-22-13-9-8-12-21(22)28-25(29)23(17-10-6-5-7-11-17)24(26(28)30)27-18-14-19(31-2)16-20(15-18)32-3/h5-16,27H,4H2,1-3H3. The van der Waals surface area contributed by atoms with E-state index >= 15 is 0 Å². The first-order chi connectivity index (χ1) is 16.1. The lowest BCUT2D eigenvalue weighted by Crippen LogP contribution is -2.32. The number of hydrogen-bond acceptors (Lipinski definition) is 6. The monoisotopic (exact) mass is 444 g/mol. The molecule has 168 valence electrons. The van der Waals surface area contributed by atoms with Crippen molar-refractivity contribution in [3.63, 3.8) is 0 Å². The summed E-state index contributed by atoms with van der Waals surface area (Å²) < 4.78 is 16.4. The van der Waals surface area contributed by atoms with Crippen LogP contribution >= 0.6 is 0 Å². The van der Waals surface area contributed by atoms with Crippen LogP contribution in [0, 0.1) is 0 Å². The van der Waals surface area contributed by atoms with Crippen LogP contribution in [0.5, 0.6) is 17.2 Å². The average molecular weight is 444 g/mol. The van der Waals surface area contributed by atoms with Gasteiger partial charge in [0.2, 0.25) is 0 Å². The fourth-order valence-electron chi connectivity index (χ4n) is 3.68. The Bertz CT molecular complexity index is 1200. The van der Waals surface area contributed by atoms with Gasteiger partial charge in [-0.25, -0.2) is 4.90 Å². The molecule has 3 aromatic rings. The average Bonchev–Trinajstić information content (AvgIpc) is 3.09. The number of ether oxygens (including phenoxy) is 3. The molecule has 0 fully saturated rings. The summed E-state index contributed by atoms with van der Waals surface area (Å²) in [7, 11) is 3.09. The maximum absolute atomic E-state index is 13.6. The zero-order chi connectivity index (χ0) is 23.4. The molecule has 0 aromatic heterocycles. The van der Waals surface area contributed by atoms with Crippen LogP contribution in [0.4, 0.5) is 11.4 Å². The van der Waals surface area contributed by atoms with Gasteiger partial charge in [0.25, 0.3) is 11.8 Å². The van der Waals surface area contributed by atoms with Crippen molar-refractivity contribution in [3.05, 3.63) is 84.1 Å². The molecule has 3 aromatic carbocycles. The number of methoxy groups -OCH3 is 2. The van der Waals surface area contributed by atoms with Crippen LogP contribution in [-0.4, -0.2) is 32.6 Å². The lowest BCUT2D eigenvalue weighted by Gasteiger charge is -2.19. The lowest BCUT2D eigenvalue weighted by atomic mass is 10.0. The predicted octanol–water partition coefficient (Wildman–Crippen LogP) is 4.50. The number of rotatable bonds is 8. The summed E-state index contributed by atoms with van der Waals surface area (Å²) in [6.07, 6.45) is 0. The third kappa shape index (κ3) is 4.25. The molecule has 1 N–H and O–H groups in total. The summed E-state index contributed by atoms with van der Waals surface area (Å²) in [5, 5.41) is 3.14. The summed E-state index contributed by atoms with van der Waals surface area (Å²) in [5.41, 5.74) is 2.00. The number of imide groups is 1. The van der Waals surface area contributed by atoms with Gasteiger partial charge in [-0.15, -0.1) is 0 Å². The zero-order valence-corrected chi connectivity index (χ0v) is 18.6. The number of hydrogen-bond donors (Lipinski definition) is 1. The van der Waals surface area contributed by atoms with Crippen molar-refractivity contribution >= 4 is 28.8 Å². The van der Waals surface area contributed by atoms with Gasteiger partial charge in [-0.1, -0.05) is 42.5 Å². The molecule has 0 unspecified atom stereocenters.